The van der Waals surface area contributed by atoms with Crippen LogP contribution in [-0.2, 0) is 6.42 Å². The van der Waals surface area contributed by atoms with Crippen LogP contribution in [-0.4, -0.2) is 17.1 Å². The topological polar surface area (TPSA) is 77.2 Å². The molecule has 3 N–H and O–H groups in total. The molecule has 0 spiro atoms. The molecule has 2 unspecified atom stereocenters. The Morgan fingerprint density at radius 2 is 1.45 bits per heavy atom. The highest BCUT2D eigenvalue weighted by molar-refractivity contribution is 6.10. The van der Waals surface area contributed by atoms with Crippen LogP contribution in [0.5, 0.6) is 5.75 Å². The van der Waals surface area contributed by atoms with Gasteiger partial charge in [-0.1, -0.05) is 116 Å². The second-order valence-corrected chi connectivity index (χ2v) is 9.57. The van der Waals surface area contributed by atoms with Gasteiger partial charge in [0.05, 0.1) is 17.1 Å². The lowest BCUT2D eigenvalue weighted by molar-refractivity contribution is 0.0929. The Hall–Kier alpha value is -4.19. The first-order valence-corrected chi connectivity index (χ1v) is 13.4. The molecule has 5 aromatic rings. The van der Waals surface area contributed by atoms with Gasteiger partial charge < -0.3 is 10.1 Å². The number of hydrogen-bond acceptors (Lipinski definition) is 4. The molecular formula is C34H34ClN3O2. The van der Waals surface area contributed by atoms with Gasteiger partial charge in [0.2, 0.25) is 0 Å². The number of nitrogens with one attached hydrogen (secondary N) is 1. The molecule has 0 aliphatic carbocycles. The lowest BCUT2D eigenvalue weighted by Gasteiger charge is -2.23. The predicted octanol–water partition coefficient (Wildman–Crippen LogP) is 7.50. The first-order chi connectivity index (χ1) is 19.1. The van der Waals surface area contributed by atoms with Gasteiger partial charge in [0, 0.05) is 17.4 Å². The number of carbonyl (C=O) groups is 1. The first-order valence-electron chi connectivity index (χ1n) is 13.4. The number of aromatic nitrogens is 1. The SMILES string of the molecule is CCC(NC(=O)c1c(OC(N)CCc2ccccc2)c(-c2ccccc2)nc2ccccc12)c1ccccc1.Cl. The van der Waals surface area contributed by atoms with E-state index in [1.165, 1.54) is 5.56 Å². The van der Waals surface area contributed by atoms with E-state index in [1.54, 1.807) is 0 Å². The van der Waals surface area contributed by atoms with Crippen LogP contribution in [0.1, 0.15) is 47.3 Å². The van der Waals surface area contributed by atoms with Crippen molar-refractivity contribution in [2.45, 2.75) is 38.5 Å². The first kappa shape index (κ1) is 28.8. The van der Waals surface area contributed by atoms with Gasteiger partial charge in [-0.25, -0.2) is 4.98 Å². The van der Waals surface area contributed by atoms with E-state index in [2.05, 4.69) is 24.4 Å². The summed E-state index contributed by atoms with van der Waals surface area (Å²) in [5.74, 6) is 0.188. The summed E-state index contributed by atoms with van der Waals surface area (Å²) in [5, 5.41) is 3.98. The van der Waals surface area contributed by atoms with Crippen LogP contribution in [0.15, 0.2) is 115 Å². The number of benzene rings is 4. The van der Waals surface area contributed by atoms with Gasteiger partial charge >= 0.3 is 0 Å². The van der Waals surface area contributed by atoms with E-state index in [0.29, 0.717) is 23.4 Å². The number of ether oxygens (including phenoxy) is 1. The Morgan fingerprint density at radius 1 is 0.850 bits per heavy atom. The van der Waals surface area contributed by atoms with Crippen molar-refractivity contribution in [3.05, 3.63) is 132 Å². The third kappa shape index (κ3) is 6.68. The van der Waals surface area contributed by atoms with Crippen molar-refractivity contribution in [1.82, 2.24) is 10.3 Å². The average Bonchev–Trinajstić information content (AvgIpc) is 2.99. The van der Waals surface area contributed by atoms with Crippen molar-refractivity contribution in [3.8, 4) is 17.0 Å². The molecule has 40 heavy (non-hydrogen) atoms. The Kier molecular flexibility index (Phi) is 9.90. The highest BCUT2D eigenvalue weighted by Gasteiger charge is 2.26. The second-order valence-electron chi connectivity index (χ2n) is 9.57. The molecule has 0 aliphatic rings. The Balaban J connectivity index is 0.00000370. The fourth-order valence-electron chi connectivity index (χ4n) is 4.83. The maximum Gasteiger partial charge on any atom is 0.256 e. The summed E-state index contributed by atoms with van der Waals surface area (Å²) in [7, 11) is 0. The van der Waals surface area contributed by atoms with Crippen molar-refractivity contribution in [2.24, 2.45) is 5.73 Å². The van der Waals surface area contributed by atoms with Crippen LogP contribution in [0.3, 0.4) is 0 Å². The van der Waals surface area contributed by atoms with Gasteiger partial charge in [-0.15, -0.1) is 12.4 Å². The monoisotopic (exact) mass is 551 g/mol. The molecule has 0 saturated carbocycles. The van der Waals surface area contributed by atoms with Crippen LogP contribution in [0, 0.1) is 0 Å². The number of fused-ring (bicyclic) bond motifs is 1. The fraction of sp³-hybridized carbons (Fsp3) is 0.176. The van der Waals surface area contributed by atoms with E-state index >= 15 is 0 Å². The maximum atomic E-state index is 14.1. The highest BCUT2D eigenvalue weighted by Crippen LogP contribution is 2.37. The van der Waals surface area contributed by atoms with Crippen LogP contribution in [0.25, 0.3) is 22.2 Å². The number of aryl methyl sites for hydroxylation is 1. The Bertz CT molecular complexity index is 1530. The average molecular weight is 552 g/mol. The van der Waals surface area contributed by atoms with Gasteiger partial charge in [-0.3, -0.25) is 10.5 Å². The summed E-state index contributed by atoms with van der Waals surface area (Å²) in [6.45, 7) is 2.06. The van der Waals surface area contributed by atoms with Gasteiger partial charge in [-0.2, -0.15) is 0 Å². The molecule has 5 nitrogen and oxygen atoms in total. The molecule has 6 heteroatoms. The normalized spacial score (nSPS) is 12.2. The Morgan fingerprint density at radius 3 is 2.12 bits per heavy atom. The van der Waals surface area contributed by atoms with Gasteiger partial charge in [0.25, 0.3) is 5.91 Å². The number of halogens is 1. The summed E-state index contributed by atoms with van der Waals surface area (Å²) in [5.41, 5.74) is 11.4. The van der Waals surface area contributed by atoms with Crippen LogP contribution in [0.2, 0.25) is 0 Å². The molecule has 4 aromatic carbocycles. The van der Waals surface area contributed by atoms with Gasteiger partial charge in [0.1, 0.15) is 11.9 Å². The van der Waals surface area contributed by atoms with Crippen LogP contribution >= 0.6 is 12.4 Å². The third-order valence-corrected chi connectivity index (χ3v) is 6.87. The molecule has 0 aliphatic heterocycles. The van der Waals surface area contributed by atoms with Gasteiger partial charge in [0.15, 0.2) is 5.75 Å². The van der Waals surface area contributed by atoms with Crippen molar-refractivity contribution in [2.75, 3.05) is 0 Å². The van der Waals surface area contributed by atoms with E-state index < -0.39 is 6.23 Å². The molecule has 1 amide bonds. The zero-order valence-corrected chi connectivity index (χ0v) is 23.3. The highest BCUT2D eigenvalue weighted by atomic mass is 35.5. The fourth-order valence-corrected chi connectivity index (χ4v) is 4.83. The third-order valence-electron chi connectivity index (χ3n) is 6.87. The zero-order chi connectivity index (χ0) is 27.0. The largest absolute Gasteiger partial charge is 0.472 e. The summed E-state index contributed by atoms with van der Waals surface area (Å²) < 4.78 is 6.46. The molecule has 1 aromatic heterocycles. The number of nitrogens with zero attached hydrogens (tertiary/aromatic N) is 1. The maximum absolute atomic E-state index is 14.1. The van der Waals surface area contributed by atoms with Crippen LogP contribution < -0.4 is 15.8 Å². The van der Waals surface area contributed by atoms with E-state index in [1.807, 2.05) is 103 Å². The summed E-state index contributed by atoms with van der Waals surface area (Å²) in [6, 6.07) is 37.5. The summed E-state index contributed by atoms with van der Waals surface area (Å²) in [6.07, 6.45) is 1.47. The lowest BCUT2D eigenvalue weighted by atomic mass is 9.99. The number of rotatable bonds is 10. The molecule has 204 valence electrons. The molecule has 0 fully saturated rings. The number of amides is 1. The molecule has 0 bridgehead atoms. The molecular weight excluding hydrogens is 518 g/mol. The number of para-hydroxylation sites is 1. The van der Waals surface area contributed by atoms with Crippen molar-refractivity contribution < 1.29 is 9.53 Å². The van der Waals surface area contributed by atoms with E-state index in [9.17, 15) is 4.79 Å². The van der Waals surface area contributed by atoms with Crippen molar-refractivity contribution in [3.63, 3.8) is 0 Å². The predicted molar refractivity (Wildman–Crippen MR) is 165 cm³/mol. The smallest absolute Gasteiger partial charge is 0.256 e. The number of pyridine rings is 1. The van der Waals surface area contributed by atoms with Crippen molar-refractivity contribution >= 4 is 29.2 Å². The minimum absolute atomic E-state index is 0. The minimum atomic E-state index is -0.627. The molecule has 0 saturated heterocycles. The zero-order valence-electron chi connectivity index (χ0n) is 22.5. The molecule has 5 rings (SSSR count). The van der Waals surface area contributed by atoms with Gasteiger partial charge in [-0.05, 0) is 30.0 Å². The molecule has 1 heterocycles. The van der Waals surface area contributed by atoms with E-state index in [0.717, 1.165) is 34.9 Å². The van der Waals surface area contributed by atoms with Crippen LogP contribution in [0.4, 0.5) is 0 Å². The number of carbonyl (C=O) groups excluding carboxylic acids is 1. The number of nitrogens with two attached hydrogens (primary N) is 1. The van der Waals surface area contributed by atoms with Crippen molar-refractivity contribution in [1.29, 1.82) is 0 Å². The lowest BCUT2D eigenvalue weighted by Crippen LogP contribution is -2.32. The van der Waals surface area contributed by atoms with E-state index in [-0.39, 0.29) is 24.4 Å². The van der Waals surface area contributed by atoms with E-state index in [4.69, 9.17) is 15.5 Å². The summed E-state index contributed by atoms with van der Waals surface area (Å²) >= 11 is 0. The summed E-state index contributed by atoms with van der Waals surface area (Å²) in [4.78, 5) is 19.1. The number of hydrogen-bond donors (Lipinski definition) is 2. The quantitative estimate of drug-likeness (QED) is 0.176. The standard InChI is InChI=1S/C34H33N3O2.ClH/c1-2-28(25-16-8-4-9-17-25)37-34(38)31-27-20-12-13-21-29(27)36-32(26-18-10-5-11-19-26)33(31)39-30(35)23-22-24-14-6-3-7-15-24;/h3-21,28,30H,2,22-23,35H2,1H3,(H,37,38);1H. The Labute approximate surface area is 241 Å². The molecule has 2 atom stereocenters. The minimum Gasteiger partial charge on any atom is -0.472 e. The molecule has 0 radical (unpaired) electrons. The second kappa shape index (κ2) is 13.7.